The highest BCUT2D eigenvalue weighted by atomic mass is 16.3. The first kappa shape index (κ1) is 17.6. The topological polar surface area (TPSA) is 91.7 Å². The molecule has 2 N–H and O–H groups in total. The summed E-state index contributed by atoms with van der Waals surface area (Å²) < 4.78 is 5.67. The highest BCUT2D eigenvalue weighted by Crippen LogP contribution is 2.36. The number of nitrogens with zero attached hydrogens (tertiary/aromatic N) is 1. The molecule has 0 atom stereocenters. The van der Waals surface area contributed by atoms with Crippen molar-refractivity contribution in [3.05, 3.63) is 29.5 Å². The summed E-state index contributed by atoms with van der Waals surface area (Å²) in [6, 6.07) is 5.02. The Bertz CT molecular complexity index is 940. The maximum atomic E-state index is 13.0. The highest BCUT2D eigenvalue weighted by Gasteiger charge is 2.51. The summed E-state index contributed by atoms with van der Waals surface area (Å²) >= 11 is 0. The van der Waals surface area contributed by atoms with Gasteiger partial charge in [0.05, 0.1) is 0 Å². The van der Waals surface area contributed by atoms with Crippen LogP contribution in [-0.2, 0) is 9.59 Å². The third kappa shape index (κ3) is 2.87. The largest absolute Gasteiger partial charge is 0.461 e. The van der Waals surface area contributed by atoms with Gasteiger partial charge in [0.25, 0.3) is 5.91 Å². The van der Waals surface area contributed by atoms with Crippen LogP contribution in [0.4, 0.5) is 10.5 Å². The summed E-state index contributed by atoms with van der Waals surface area (Å²) in [4.78, 5) is 39.0. The lowest BCUT2D eigenvalue weighted by atomic mass is 9.78. The Morgan fingerprint density at radius 2 is 1.93 bits per heavy atom. The number of urea groups is 1. The Balaban J connectivity index is 1.63. The molecule has 1 aromatic carbocycles. The Morgan fingerprint density at radius 3 is 2.67 bits per heavy atom. The lowest BCUT2D eigenvalue weighted by molar-refractivity contribution is -0.146. The van der Waals surface area contributed by atoms with E-state index in [-0.39, 0.29) is 12.5 Å². The fourth-order valence-electron chi connectivity index (χ4n) is 4.21. The van der Waals surface area contributed by atoms with E-state index in [1.807, 2.05) is 26.0 Å². The third-order valence-electron chi connectivity index (χ3n) is 5.85. The predicted molar refractivity (Wildman–Crippen MR) is 100 cm³/mol. The molecular formula is C20H23N3O4. The number of hydrogen-bond acceptors (Lipinski definition) is 4. The molecule has 4 rings (SSSR count). The molecule has 1 aliphatic heterocycles. The van der Waals surface area contributed by atoms with E-state index in [9.17, 15) is 14.4 Å². The van der Waals surface area contributed by atoms with Crippen LogP contribution in [0.3, 0.4) is 0 Å². The van der Waals surface area contributed by atoms with Crippen molar-refractivity contribution >= 4 is 34.5 Å². The minimum absolute atomic E-state index is 0.107. The average molecular weight is 369 g/mol. The van der Waals surface area contributed by atoms with Crippen LogP contribution in [0.25, 0.3) is 11.0 Å². The number of imide groups is 1. The maximum absolute atomic E-state index is 13.0. The summed E-state index contributed by atoms with van der Waals surface area (Å²) in [5.74, 6) is 0.0430. The number of carbonyl (C=O) groups excluding carboxylic acids is 3. The molecule has 0 bridgehead atoms. The van der Waals surface area contributed by atoms with Crippen molar-refractivity contribution in [2.45, 2.75) is 51.5 Å². The zero-order valence-electron chi connectivity index (χ0n) is 15.6. The second-order valence-electron chi connectivity index (χ2n) is 7.48. The average Bonchev–Trinajstić information content (AvgIpc) is 2.93. The number of amides is 4. The first-order valence-corrected chi connectivity index (χ1v) is 9.33. The first-order chi connectivity index (χ1) is 12.9. The molecule has 0 unspecified atom stereocenters. The quantitative estimate of drug-likeness (QED) is 0.755. The number of benzene rings is 1. The number of piperazine rings is 1. The molecule has 7 heteroatoms. The molecule has 2 fully saturated rings. The van der Waals surface area contributed by atoms with E-state index in [0.717, 1.165) is 41.6 Å². The van der Waals surface area contributed by atoms with Gasteiger partial charge in [-0.3, -0.25) is 14.9 Å². The van der Waals surface area contributed by atoms with Crippen LogP contribution in [0.5, 0.6) is 0 Å². The molecule has 7 nitrogen and oxygen atoms in total. The van der Waals surface area contributed by atoms with Crippen molar-refractivity contribution in [1.29, 1.82) is 0 Å². The van der Waals surface area contributed by atoms with E-state index in [2.05, 4.69) is 10.6 Å². The Morgan fingerprint density at radius 1 is 1.19 bits per heavy atom. The highest BCUT2D eigenvalue weighted by molar-refractivity contribution is 6.08. The number of hydrogen-bond donors (Lipinski definition) is 2. The SMILES string of the molecule is Cc1oc2ccc(NC(=O)N3CC(=O)NC(=O)C34CCCCC4)cc2c1C. The van der Waals surface area contributed by atoms with Crippen molar-refractivity contribution in [2.24, 2.45) is 0 Å². The summed E-state index contributed by atoms with van der Waals surface area (Å²) in [6.45, 7) is 3.76. The summed E-state index contributed by atoms with van der Waals surface area (Å²) in [5.41, 5.74) is 1.47. The summed E-state index contributed by atoms with van der Waals surface area (Å²) in [5, 5.41) is 6.21. The van der Waals surface area contributed by atoms with Crippen molar-refractivity contribution in [3.63, 3.8) is 0 Å². The first-order valence-electron chi connectivity index (χ1n) is 9.33. The molecule has 1 saturated heterocycles. The number of aryl methyl sites for hydroxylation is 2. The van der Waals surface area contributed by atoms with Crippen LogP contribution < -0.4 is 10.6 Å². The number of fused-ring (bicyclic) bond motifs is 1. The molecule has 27 heavy (non-hydrogen) atoms. The van der Waals surface area contributed by atoms with Gasteiger partial charge in [-0.2, -0.15) is 0 Å². The summed E-state index contributed by atoms with van der Waals surface area (Å²) in [6.07, 6.45) is 3.93. The molecule has 142 valence electrons. The van der Waals surface area contributed by atoms with Crippen LogP contribution in [0, 0.1) is 13.8 Å². The second kappa shape index (κ2) is 6.40. The fraction of sp³-hybridized carbons (Fsp3) is 0.450. The van der Waals surface area contributed by atoms with E-state index in [4.69, 9.17) is 4.42 Å². The predicted octanol–water partition coefficient (Wildman–Crippen LogP) is 3.24. The minimum atomic E-state index is -0.928. The van der Waals surface area contributed by atoms with E-state index in [0.29, 0.717) is 18.5 Å². The molecule has 1 aromatic heterocycles. The summed E-state index contributed by atoms with van der Waals surface area (Å²) in [7, 11) is 0. The van der Waals surface area contributed by atoms with Crippen molar-refractivity contribution in [2.75, 3.05) is 11.9 Å². The lowest BCUT2D eigenvalue weighted by Gasteiger charge is -2.46. The maximum Gasteiger partial charge on any atom is 0.323 e. The molecule has 2 aliphatic rings. The Labute approximate surface area is 157 Å². The van der Waals surface area contributed by atoms with E-state index in [1.165, 1.54) is 4.90 Å². The second-order valence-corrected chi connectivity index (χ2v) is 7.48. The van der Waals surface area contributed by atoms with Gasteiger partial charge in [0, 0.05) is 11.1 Å². The van der Waals surface area contributed by atoms with Gasteiger partial charge in [0.15, 0.2) is 0 Å². The molecule has 1 spiro atoms. The molecule has 1 aliphatic carbocycles. The van der Waals surface area contributed by atoms with E-state index < -0.39 is 17.5 Å². The van der Waals surface area contributed by atoms with Gasteiger partial charge in [0.1, 0.15) is 23.4 Å². The van der Waals surface area contributed by atoms with Crippen LogP contribution >= 0.6 is 0 Å². The Hall–Kier alpha value is -2.83. The third-order valence-corrected chi connectivity index (χ3v) is 5.85. The zero-order valence-corrected chi connectivity index (χ0v) is 15.6. The number of rotatable bonds is 1. The van der Waals surface area contributed by atoms with Gasteiger partial charge in [-0.1, -0.05) is 19.3 Å². The van der Waals surface area contributed by atoms with E-state index in [1.54, 1.807) is 6.07 Å². The van der Waals surface area contributed by atoms with Gasteiger partial charge in [-0.05, 0) is 50.5 Å². The van der Waals surface area contributed by atoms with Crippen LogP contribution in [0.2, 0.25) is 0 Å². The number of furan rings is 1. The van der Waals surface area contributed by atoms with Gasteiger partial charge < -0.3 is 14.6 Å². The standard InChI is InChI=1S/C20H23N3O4/c1-12-13(2)27-16-7-6-14(10-15(12)16)21-19(26)23-11-17(24)22-18(25)20(23)8-4-3-5-9-20/h6-7,10H,3-5,8-9,11H2,1-2H3,(H,21,26)(H,22,24,25). The van der Waals surface area contributed by atoms with E-state index >= 15 is 0 Å². The monoisotopic (exact) mass is 369 g/mol. The smallest absolute Gasteiger partial charge is 0.323 e. The molecule has 0 radical (unpaired) electrons. The molecule has 4 amide bonds. The zero-order chi connectivity index (χ0) is 19.2. The Kier molecular flexibility index (Phi) is 4.17. The normalized spacial score (nSPS) is 19.4. The lowest BCUT2D eigenvalue weighted by Crippen LogP contribution is -2.69. The van der Waals surface area contributed by atoms with Gasteiger partial charge in [0.2, 0.25) is 5.91 Å². The van der Waals surface area contributed by atoms with Crippen molar-refractivity contribution in [1.82, 2.24) is 10.2 Å². The van der Waals surface area contributed by atoms with Gasteiger partial charge >= 0.3 is 6.03 Å². The van der Waals surface area contributed by atoms with Crippen molar-refractivity contribution in [3.8, 4) is 0 Å². The molecule has 1 saturated carbocycles. The number of nitrogens with one attached hydrogen (secondary N) is 2. The van der Waals surface area contributed by atoms with Crippen LogP contribution in [-0.4, -0.2) is 34.8 Å². The molecular weight excluding hydrogens is 346 g/mol. The minimum Gasteiger partial charge on any atom is -0.461 e. The van der Waals surface area contributed by atoms with Gasteiger partial charge in [-0.25, -0.2) is 4.79 Å². The van der Waals surface area contributed by atoms with Crippen molar-refractivity contribution < 1.29 is 18.8 Å². The van der Waals surface area contributed by atoms with Gasteiger partial charge in [-0.15, -0.1) is 0 Å². The fourth-order valence-corrected chi connectivity index (χ4v) is 4.21. The molecule has 2 aromatic rings. The van der Waals surface area contributed by atoms with Crippen LogP contribution in [0.15, 0.2) is 22.6 Å². The molecule has 2 heterocycles. The number of carbonyl (C=O) groups is 3. The van der Waals surface area contributed by atoms with Crippen LogP contribution in [0.1, 0.15) is 43.4 Å². The number of anilines is 1.